The summed E-state index contributed by atoms with van der Waals surface area (Å²) in [4.78, 5) is 24.5. The van der Waals surface area contributed by atoms with E-state index < -0.39 is 5.41 Å². The summed E-state index contributed by atoms with van der Waals surface area (Å²) < 4.78 is 0. The molecule has 1 N–H and O–H groups in total. The molecule has 1 aliphatic heterocycles. The Kier molecular flexibility index (Phi) is 3.13. The van der Waals surface area contributed by atoms with Crippen molar-refractivity contribution in [3.63, 3.8) is 0 Å². The number of hydrogen-bond donors (Lipinski definition) is 1. The molecule has 80 valence electrons. The van der Waals surface area contributed by atoms with Gasteiger partial charge in [-0.1, -0.05) is 13.3 Å². The van der Waals surface area contributed by atoms with Crippen molar-refractivity contribution in [2.75, 3.05) is 13.1 Å². The fraction of sp³-hybridized carbons (Fsp3) is 0.800. The number of carbonyl (C=O) groups is 2. The molecule has 1 heterocycles. The lowest BCUT2D eigenvalue weighted by Gasteiger charge is -2.36. The third kappa shape index (κ3) is 2.05. The first-order chi connectivity index (χ1) is 6.49. The topological polar surface area (TPSA) is 49.4 Å². The molecular formula is C10H18N2O2. The standard InChI is InChI=1S/C10H18N2O2/c1-4-5-6-12-8(13)10(2,3)7-11-9(12)14/h4-7H2,1-3H3,(H,11,14). The van der Waals surface area contributed by atoms with Gasteiger partial charge in [0, 0.05) is 13.1 Å². The van der Waals surface area contributed by atoms with E-state index in [1.54, 1.807) is 0 Å². The molecule has 1 fully saturated rings. The van der Waals surface area contributed by atoms with Crippen LogP contribution < -0.4 is 5.32 Å². The zero-order valence-electron chi connectivity index (χ0n) is 9.09. The van der Waals surface area contributed by atoms with Gasteiger partial charge in [-0.05, 0) is 20.3 Å². The van der Waals surface area contributed by atoms with E-state index in [2.05, 4.69) is 5.32 Å². The molecular weight excluding hydrogens is 180 g/mol. The van der Waals surface area contributed by atoms with Crippen LogP contribution in [0.2, 0.25) is 0 Å². The van der Waals surface area contributed by atoms with E-state index in [4.69, 9.17) is 0 Å². The molecule has 1 aliphatic rings. The summed E-state index contributed by atoms with van der Waals surface area (Å²) >= 11 is 0. The predicted molar refractivity (Wildman–Crippen MR) is 53.8 cm³/mol. The molecule has 4 heteroatoms. The van der Waals surface area contributed by atoms with Crippen molar-refractivity contribution in [2.45, 2.75) is 33.6 Å². The minimum absolute atomic E-state index is 0.0605. The van der Waals surface area contributed by atoms with Gasteiger partial charge in [-0.3, -0.25) is 9.69 Å². The van der Waals surface area contributed by atoms with Crippen LogP contribution in [0.4, 0.5) is 4.79 Å². The summed E-state index contributed by atoms with van der Waals surface area (Å²) in [7, 11) is 0. The lowest BCUT2D eigenvalue weighted by molar-refractivity contribution is -0.138. The highest BCUT2D eigenvalue weighted by molar-refractivity contribution is 5.99. The number of hydrogen-bond acceptors (Lipinski definition) is 2. The number of unbranched alkanes of at least 4 members (excludes halogenated alkanes) is 1. The highest BCUT2D eigenvalue weighted by Crippen LogP contribution is 2.21. The molecule has 0 bridgehead atoms. The molecule has 0 aromatic rings. The Morgan fingerprint density at radius 1 is 1.43 bits per heavy atom. The molecule has 4 nitrogen and oxygen atoms in total. The van der Waals surface area contributed by atoms with Crippen molar-refractivity contribution in [1.82, 2.24) is 10.2 Å². The molecule has 0 atom stereocenters. The van der Waals surface area contributed by atoms with E-state index in [0.29, 0.717) is 13.1 Å². The molecule has 0 aromatic carbocycles. The lowest BCUT2D eigenvalue weighted by atomic mass is 9.90. The summed E-state index contributed by atoms with van der Waals surface area (Å²) in [6, 6.07) is -0.247. The van der Waals surface area contributed by atoms with Crippen molar-refractivity contribution in [2.24, 2.45) is 5.41 Å². The van der Waals surface area contributed by atoms with Crippen LogP contribution in [0, 0.1) is 5.41 Å². The minimum atomic E-state index is -0.457. The zero-order chi connectivity index (χ0) is 10.8. The number of nitrogens with zero attached hydrogens (tertiary/aromatic N) is 1. The van der Waals surface area contributed by atoms with Gasteiger partial charge in [0.15, 0.2) is 0 Å². The van der Waals surface area contributed by atoms with E-state index in [9.17, 15) is 9.59 Å². The van der Waals surface area contributed by atoms with E-state index in [1.807, 2.05) is 20.8 Å². The average molecular weight is 198 g/mol. The summed E-state index contributed by atoms with van der Waals surface area (Å²) in [6.45, 7) is 6.72. The van der Waals surface area contributed by atoms with Crippen molar-refractivity contribution in [3.05, 3.63) is 0 Å². The van der Waals surface area contributed by atoms with Crippen LogP contribution in [0.3, 0.4) is 0 Å². The molecule has 0 saturated carbocycles. The molecule has 0 radical (unpaired) electrons. The molecule has 0 aromatic heterocycles. The first-order valence-electron chi connectivity index (χ1n) is 5.09. The van der Waals surface area contributed by atoms with Crippen LogP contribution in [0.5, 0.6) is 0 Å². The van der Waals surface area contributed by atoms with Crippen molar-refractivity contribution >= 4 is 11.9 Å². The molecule has 3 amide bonds. The van der Waals surface area contributed by atoms with Gasteiger partial charge >= 0.3 is 6.03 Å². The van der Waals surface area contributed by atoms with Crippen LogP contribution in [0.1, 0.15) is 33.6 Å². The fourth-order valence-electron chi connectivity index (χ4n) is 1.44. The largest absolute Gasteiger partial charge is 0.337 e. The maximum Gasteiger partial charge on any atom is 0.324 e. The summed E-state index contributed by atoms with van der Waals surface area (Å²) in [6.07, 6.45) is 1.85. The van der Waals surface area contributed by atoms with Crippen LogP contribution in [0.15, 0.2) is 0 Å². The number of amides is 3. The van der Waals surface area contributed by atoms with Crippen LogP contribution in [0.25, 0.3) is 0 Å². The van der Waals surface area contributed by atoms with Gasteiger partial charge in [0.1, 0.15) is 0 Å². The maximum absolute atomic E-state index is 11.8. The van der Waals surface area contributed by atoms with E-state index in [1.165, 1.54) is 4.90 Å². The molecule has 1 saturated heterocycles. The summed E-state index contributed by atoms with van der Waals surface area (Å²) in [5.41, 5.74) is -0.457. The van der Waals surface area contributed by atoms with E-state index in [-0.39, 0.29) is 11.9 Å². The minimum Gasteiger partial charge on any atom is -0.337 e. The Hall–Kier alpha value is -1.06. The smallest absolute Gasteiger partial charge is 0.324 e. The second-order valence-corrected chi connectivity index (χ2v) is 4.35. The van der Waals surface area contributed by atoms with Gasteiger partial charge in [-0.25, -0.2) is 4.79 Å². The second kappa shape index (κ2) is 3.98. The van der Waals surface area contributed by atoms with Gasteiger partial charge in [0.2, 0.25) is 5.91 Å². The second-order valence-electron chi connectivity index (χ2n) is 4.35. The Balaban J connectivity index is 2.69. The molecule has 0 aliphatic carbocycles. The monoisotopic (exact) mass is 198 g/mol. The van der Waals surface area contributed by atoms with E-state index in [0.717, 1.165) is 12.8 Å². The maximum atomic E-state index is 11.8. The zero-order valence-corrected chi connectivity index (χ0v) is 9.09. The van der Waals surface area contributed by atoms with Crippen molar-refractivity contribution in [1.29, 1.82) is 0 Å². The third-order valence-electron chi connectivity index (χ3n) is 2.49. The predicted octanol–water partition coefficient (Wildman–Crippen LogP) is 1.36. The van der Waals surface area contributed by atoms with Crippen molar-refractivity contribution < 1.29 is 9.59 Å². The van der Waals surface area contributed by atoms with Crippen LogP contribution in [-0.2, 0) is 4.79 Å². The molecule has 0 unspecified atom stereocenters. The van der Waals surface area contributed by atoms with Gasteiger partial charge < -0.3 is 5.32 Å². The quantitative estimate of drug-likeness (QED) is 0.744. The highest BCUT2D eigenvalue weighted by atomic mass is 16.2. The number of rotatable bonds is 3. The van der Waals surface area contributed by atoms with Gasteiger partial charge in [0.05, 0.1) is 5.41 Å². The molecule has 14 heavy (non-hydrogen) atoms. The Bertz CT molecular complexity index is 249. The molecule has 1 rings (SSSR count). The van der Waals surface area contributed by atoms with Gasteiger partial charge in [-0.15, -0.1) is 0 Å². The first-order valence-corrected chi connectivity index (χ1v) is 5.09. The van der Waals surface area contributed by atoms with Gasteiger partial charge in [0.25, 0.3) is 0 Å². The normalized spacial score (nSPS) is 20.9. The van der Waals surface area contributed by atoms with Crippen LogP contribution >= 0.6 is 0 Å². The number of imide groups is 1. The van der Waals surface area contributed by atoms with Crippen LogP contribution in [-0.4, -0.2) is 29.9 Å². The number of nitrogens with one attached hydrogen (secondary N) is 1. The Morgan fingerprint density at radius 2 is 2.07 bits per heavy atom. The SMILES string of the molecule is CCCCN1C(=O)NCC(C)(C)C1=O. The van der Waals surface area contributed by atoms with E-state index >= 15 is 0 Å². The highest BCUT2D eigenvalue weighted by Gasteiger charge is 2.39. The fourth-order valence-corrected chi connectivity index (χ4v) is 1.44. The third-order valence-corrected chi connectivity index (χ3v) is 2.49. The molecule has 0 spiro atoms. The lowest BCUT2D eigenvalue weighted by Crippen LogP contribution is -2.58. The number of urea groups is 1. The summed E-state index contributed by atoms with van der Waals surface area (Å²) in [5.74, 6) is -0.0605. The first kappa shape index (κ1) is 11.0. The van der Waals surface area contributed by atoms with Crippen molar-refractivity contribution in [3.8, 4) is 0 Å². The Labute approximate surface area is 84.7 Å². The summed E-state index contributed by atoms with van der Waals surface area (Å²) in [5, 5.41) is 2.73. The number of carbonyl (C=O) groups excluding carboxylic acids is 2. The van der Waals surface area contributed by atoms with Gasteiger partial charge in [-0.2, -0.15) is 0 Å². The Morgan fingerprint density at radius 3 is 2.64 bits per heavy atom. The average Bonchev–Trinajstić information content (AvgIpc) is 2.13.